The lowest BCUT2D eigenvalue weighted by Gasteiger charge is -2.26. The highest BCUT2D eigenvalue weighted by molar-refractivity contribution is 6.02. The topological polar surface area (TPSA) is 69.7 Å². The van der Waals surface area contributed by atoms with Crippen LogP contribution in [0.2, 0.25) is 0 Å². The second kappa shape index (κ2) is 7.16. The van der Waals surface area contributed by atoms with Gasteiger partial charge >= 0.3 is 11.9 Å². The van der Waals surface area contributed by atoms with E-state index in [1.807, 2.05) is 19.1 Å². The van der Waals surface area contributed by atoms with Crippen molar-refractivity contribution in [3.05, 3.63) is 35.5 Å². The highest BCUT2D eigenvalue weighted by Crippen LogP contribution is 2.35. The fourth-order valence-electron chi connectivity index (χ4n) is 2.86. The van der Waals surface area contributed by atoms with Gasteiger partial charge in [0.25, 0.3) is 0 Å². The fourth-order valence-corrected chi connectivity index (χ4v) is 2.86. The maximum Gasteiger partial charge on any atom is 0.334 e. The average Bonchev–Trinajstić information content (AvgIpc) is 2.77. The zero-order chi connectivity index (χ0) is 18.0. The Bertz CT molecular complexity index is 638. The van der Waals surface area contributed by atoms with Crippen molar-refractivity contribution in [3.8, 4) is 0 Å². The number of hydrogen-bond donors (Lipinski definition) is 0. The second-order valence-electron chi connectivity index (χ2n) is 6.74. The minimum Gasteiger partial charge on any atom is -0.454 e. The van der Waals surface area contributed by atoms with Gasteiger partial charge in [0, 0.05) is 5.57 Å². The van der Waals surface area contributed by atoms with Crippen molar-refractivity contribution in [3.63, 3.8) is 0 Å². The Kier molecular flexibility index (Phi) is 5.42. The molecule has 0 aromatic carbocycles. The molecule has 130 valence electrons. The number of ether oxygens (including phenoxy) is 2. The number of ketones is 1. The van der Waals surface area contributed by atoms with Gasteiger partial charge in [0.1, 0.15) is 6.10 Å². The van der Waals surface area contributed by atoms with Crippen molar-refractivity contribution in [2.24, 2.45) is 11.8 Å². The van der Waals surface area contributed by atoms with Crippen LogP contribution in [0.15, 0.2) is 35.5 Å². The van der Waals surface area contributed by atoms with Crippen LogP contribution in [-0.4, -0.2) is 29.9 Å². The molecule has 1 aliphatic carbocycles. The molecule has 1 saturated heterocycles. The smallest absolute Gasteiger partial charge is 0.334 e. The third kappa shape index (κ3) is 3.66. The summed E-state index contributed by atoms with van der Waals surface area (Å²) in [4.78, 5) is 36.9. The van der Waals surface area contributed by atoms with Crippen LogP contribution < -0.4 is 0 Å². The summed E-state index contributed by atoms with van der Waals surface area (Å²) < 4.78 is 10.8. The predicted octanol–water partition coefficient (Wildman–Crippen LogP) is 2.91. The van der Waals surface area contributed by atoms with Crippen molar-refractivity contribution in [2.45, 2.75) is 52.7 Å². The first-order valence-corrected chi connectivity index (χ1v) is 8.21. The zero-order valence-corrected chi connectivity index (χ0v) is 14.6. The van der Waals surface area contributed by atoms with Crippen LogP contribution in [0.4, 0.5) is 0 Å². The molecule has 0 aromatic heterocycles. The van der Waals surface area contributed by atoms with Crippen molar-refractivity contribution in [2.75, 3.05) is 0 Å². The Morgan fingerprint density at radius 3 is 2.62 bits per heavy atom. The summed E-state index contributed by atoms with van der Waals surface area (Å²) in [6, 6.07) is 0. The van der Waals surface area contributed by atoms with E-state index in [2.05, 4.69) is 6.58 Å². The first-order chi connectivity index (χ1) is 11.2. The van der Waals surface area contributed by atoms with Gasteiger partial charge in [-0.25, -0.2) is 4.79 Å². The number of rotatable bonds is 2. The fraction of sp³-hybridized carbons (Fsp3) is 0.526. The molecular formula is C19H24O5. The lowest BCUT2D eigenvalue weighted by Crippen LogP contribution is -2.40. The molecular weight excluding hydrogens is 308 g/mol. The van der Waals surface area contributed by atoms with E-state index >= 15 is 0 Å². The van der Waals surface area contributed by atoms with Crippen LogP contribution in [0.25, 0.3) is 0 Å². The summed E-state index contributed by atoms with van der Waals surface area (Å²) in [5, 5.41) is 0. The number of carbonyl (C=O) groups excluding carboxylic acids is 3. The molecule has 0 bridgehead atoms. The molecule has 1 heterocycles. The van der Waals surface area contributed by atoms with E-state index in [0.717, 1.165) is 12.0 Å². The molecule has 0 amide bonds. The first kappa shape index (κ1) is 18.2. The average molecular weight is 332 g/mol. The Hall–Kier alpha value is -2.17. The lowest BCUT2D eigenvalue weighted by atomic mass is 9.84. The SMILES string of the molecule is C=C1C(=O)O[C@@H]2/C=C(\C)CC/C=C(/C)C(=O)[C@@H](OC(=O)C(C)C)[C@H]12. The van der Waals surface area contributed by atoms with Gasteiger partial charge in [-0.1, -0.05) is 32.1 Å². The Labute approximate surface area is 142 Å². The van der Waals surface area contributed by atoms with Crippen molar-refractivity contribution in [1.82, 2.24) is 0 Å². The van der Waals surface area contributed by atoms with Crippen LogP contribution in [0.3, 0.4) is 0 Å². The molecule has 0 saturated carbocycles. The Balaban J connectivity index is 2.48. The summed E-state index contributed by atoms with van der Waals surface area (Å²) >= 11 is 0. The molecule has 5 nitrogen and oxygen atoms in total. The summed E-state index contributed by atoms with van der Waals surface area (Å²) in [5.74, 6) is -2.40. The predicted molar refractivity (Wildman–Crippen MR) is 89.0 cm³/mol. The van der Waals surface area contributed by atoms with E-state index in [1.54, 1.807) is 20.8 Å². The Morgan fingerprint density at radius 2 is 2.00 bits per heavy atom. The number of allylic oxidation sites excluding steroid dienone is 2. The normalized spacial score (nSPS) is 32.4. The van der Waals surface area contributed by atoms with Crippen LogP contribution in [0.1, 0.15) is 40.5 Å². The molecule has 2 aliphatic rings. The lowest BCUT2D eigenvalue weighted by molar-refractivity contribution is -0.160. The summed E-state index contributed by atoms with van der Waals surface area (Å²) in [7, 11) is 0. The molecule has 0 aromatic rings. The minimum absolute atomic E-state index is 0.173. The molecule has 0 spiro atoms. The van der Waals surface area contributed by atoms with Gasteiger partial charge in [-0.3, -0.25) is 9.59 Å². The minimum atomic E-state index is -1.10. The van der Waals surface area contributed by atoms with Crippen LogP contribution >= 0.6 is 0 Å². The highest BCUT2D eigenvalue weighted by Gasteiger charge is 2.47. The Morgan fingerprint density at radius 1 is 1.33 bits per heavy atom. The molecule has 24 heavy (non-hydrogen) atoms. The van der Waals surface area contributed by atoms with Gasteiger partial charge in [-0.2, -0.15) is 0 Å². The van der Waals surface area contributed by atoms with Gasteiger partial charge in [0.15, 0.2) is 11.9 Å². The maximum atomic E-state index is 12.8. The molecule has 3 atom stereocenters. The quantitative estimate of drug-likeness (QED) is 0.442. The summed E-state index contributed by atoms with van der Waals surface area (Å²) in [6.45, 7) is 10.8. The van der Waals surface area contributed by atoms with Crippen LogP contribution in [-0.2, 0) is 23.9 Å². The monoisotopic (exact) mass is 332 g/mol. The number of hydrogen-bond acceptors (Lipinski definition) is 5. The highest BCUT2D eigenvalue weighted by atomic mass is 16.6. The molecule has 2 rings (SSSR count). The first-order valence-electron chi connectivity index (χ1n) is 8.21. The van der Waals surface area contributed by atoms with Crippen LogP contribution in [0.5, 0.6) is 0 Å². The van der Waals surface area contributed by atoms with E-state index < -0.39 is 30.1 Å². The van der Waals surface area contributed by atoms with E-state index in [0.29, 0.717) is 12.0 Å². The van der Waals surface area contributed by atoms with Gasteiger partial charge in [-0.05, 0) is 38.3 Å². The largest absolute Gasteiger partial charge is 0.454 e. The number of fused-ring (bicyclic) bond motifs is 1. The third-order valence-electron chi connectivity index (χ3n) is 4.39. The molecule has 0 radical (unpaired) electrons. The van der Waals surface area contributed by atoms with E-state index in [4.69, 9.17) is 9.47 Å². The molecule has 0 N–H and O–H groups in total. The van der Waals surface area contributed by atoms with Crippen molar-refractivity contribution >= 4 is 17.7 Å². The standard InChI is InChI=1S/C19H24O5/c1-10(2)18(21)24-17-15-13(5)19(22)23-14(15)9-11(3)7-6-8-12(4)16(17)20/h8-10,14-15,17H,5-7H2,1-4H3/b11-9+,12-8-/t14-,15-,17+/m1/s1. The number of esters is 2. The van der Waals surface area contributed by atoms with Gasteiger partial charge in [-0.15, -0.1) is 0 Å². The summed E-state index contributed by atoms with van der Waals surface area (Å²) in [6.07, 6.45) is 3.42. The number of Topliss-reactive ketones (excluding diaryl/α,β-unsaturated/α-hetero) is 1. The molecule has 1 fully saturated rings. The van der Waals surface area contributed by atoms with Crippen molar-refractivity contribution in [1.29, 1.82) is 0 Å². The van der Waals surface area contributed by atoms with Gasteiger partial charge in [0.05, 0.1) is 11.8 Å². The van der Waals surface area contributed by atoms with Gasteiger partial charge < -0.3 is 9.47 Å². The molecule has 1 aliphatic heterocycles. The van der Waals surface area contributed by atoms with Gasteiger partial charge in [0.2, 0.25) is 0 Å². The number of carbonyl (C=O) groups is 3. The zero-order valence-electron chi connectivity index (χ0n) is 14.6. The van der Waals surface area contributed by atoms with E-state index in [9.17, 15) is 14.4 Å². The third-order valence-corrected chi connectivity index (χ3v) is 4.39. The second-order valence-corrected chi connectivity index (χ2v) is 6.74. The summed E-state index contributed by atoms with van der Waals surface area (Å²) in [5.41, 5.74) is 1.75. The molecule has 0 unspecified atom stereocenters. The maximum absolute atomic E-state index is 12.8. The van der Waals surface area contributed by atoms with Crippen LogP contribution in [0, 0.1) is 11.8 Å². The van der Waals surface area contributed by atoms with E-state index in [1.165, 1.54) is 0 Å². The van der Waals surface area contributed by atoms with Crippen molar-refractivity contribution < 1.29 is 23.9 Å². The molecule has 5 heteroatoms. The van der Waals surface area contributed by atoms with E-state index in [-0.39, 0.29) is 17.3 Å².